The predicted octanol–water partition coefficient (Wildman–Crippen LogP) is -5.47. The number of halogens is 1. The minimum Gasteiger partial charge on any atom is -0.872 e. The Balaban J connectivity index is -0.000000502. The molecule has 0 amide bonds. The van der Waals surface area contributed by atoms with E-state index in [1.807, 2.05) is 13.0 Å². The number of hydrogen-bond acceptors (Lipinski definition) is 8. The van der Waals surface area contributed by atoms with E-state index in [1.54, 1.807) is 18.2 Å². The number of rotatable bonds is 6. The van der Waals surface area contributed by atoms with E-state index in [9.17, 15) is 5.11 Å². The molecule has 23 heavy (non-hydrogen) atoms. The van der Waals surface area contributed by atoms with Crippen molar-refractivity contribution in [3.05, 3.63) is 29.8 Å². The monoisotopic (exact) mass is 400 g/mol. The smallest absolute Gasteiger partial charge is 0.872 e. The summed E-state index contributed by atoms with van der Waals surface area (Å²) in [5.41, 5.74) is 6.82. The van der Waals surface area contributed by atoms with Crippen LogP contribution in [-0.2, 0) is 17.1 Å². The molecule has 1 aromatic rings. The molecule has 137 valence electrons. The second-order valence-electron chi connectivity index (χ2n) is 3.88. The molecule has 1 aromatic carbocycles. The first kappa shape index (κ1) is 27.1. The number of aliphatic imine (C=N–C) groups is 1. The number of nitrogens with zero attached hydrogens (tertiary/aromatic N) is 1. The van der Waals surface area contributed by atoms with Gasteiger partial charge >= 0.3 is 17.1 Å². The standard InChI is InChI=1S/C12H19N3O.ClHO4.Cu.H2O/c1-10(15-9-8-14-7-6-13)11-4-2-3-5-12(11)16;2-1(3,4)5;;/h2-5,14,16H,6-9,13H2,1H3;(H,2,3,4,5);;1H2/q;;+2;/p-2. The number of hydrogen-bond donors (Lipinski definition) is 2. The molecular formula is C12H20ClCuN3O6. The van der Waals surface area contributed by atoms with Gasteiger partial charge in [-0.15, -0.1) is 10.2 Å². The van der Waals surface area contributed by atoms with Crippen LogP contribution in [-0.4, -0.2) is 37.4 Å². The summed E-state index contributed by atoms with van der Waals surface area (Å²) in [6, 6.07) is 6.94. The fourth-order valence-corrected chi connectivity index (χ4v) is 1.38. The minimum absolute atomic E-state index is 0. The second-order valence-corrected chi connectivity index (χ2v) is 4.64. The molecule has 0 bridgehead atoms. The average molecular weight is 401 g/mol. The topological polar surface area (TPSA) is 197 Å². The fraction of sp³-hybridized carbons (Fsp3) is 0.417. The van der Waals surface area contributed by atoms with Gasteiger partial charge in [0.05, 0.1) is 6.54 Å². The summed E-state index contributed by atoms with van der Waals surface area (Å²) in [6.07, 6.45) is 0. The van der Waals surface area contributed by atoms with E-state index in [0.29, 0.717) is 18.7 Å². The van der Waals surface area contributed by atoms with Gasteiger partial charge in [0.25, 0.3) is 0 Å². The molecule has 0 fully saturated rings. The summed E-state index contributed by atoms with van der Waals surface area (Å²) in [7, 11) is -4.94. The van der Waals surface area contributed by atoms with Crippen molar-refractivity contribution in [3.8, 4) is 5.75 Å². The van der Waals surface area contributed by atoms with E-state index in [1.165, 1.54) is 0 Å². The first-order chi connectivity index (χ1) is 9.75. The minimum atomic E-state index is -4.94. The first-order valence-electron chi connectivity index (χ1n) is 6.05. The van der Waals surface area contributed by atoms with Gasteiger partial charge in [-0.25, -0.2) is 18.6 Å². The molecule has 0 saturated heterocycles. The largest absolute Gasteiger partial charge is 2.00 e. The molecule has 0 aliphatic rings. The van der Waals surface area contributed by atoms with E-state index in [2.05, 4.69) is 10.3 Å². The van der Waals surface area contributed by atoms with E-state index in [0.717, 1.165) is 18.8 Å². The molecule has 0 aliphatic heterocycles. The zero-order valence-electron chi connectivity index (χ0n) is 12.4. The Morgan fingerprint density at radius 3 is 2.17 bits per heavy atom. The Bertz CT molecular complexity index is 439. The van der Waals surface area contributed by atoms with Crippen LogP contribution in [0.15, 0.2) is 29.3 Å². The van der Waals surface area contributed by atoms with Gasteiger partial charge < -0.3 is 21.6 Å². The molecule has 0 unspecified atom stereocenters. The van der Waals surface area contributed by atoms with Crippen LogP contribution in [0, 0.1) is 10.2 Å². The maximum Gasteiger partial charge on any atom is 2.00 e. The van der Waals surface area contributed by atoms with Crippen molar-refractivity contribution in [2.45, 2.75) is 6.92 Å². The van der Waals surface area contributed by atoms with Crippen LogP contribution in [0.4, 0.5) is 0 Å². The quantitative estimate of drug-likeness (QED) is 0.269. The Kier molecular flexibility index (Phi) is 17.4. The van der Waals surface area contributed by atoms with Crippen LogP contribution in [0.2, 0.25) is 0 Å². The summed E-state index contributed by atoms with van der Waals surface area (Å²) in [4.78, 5) is 4.34. The third kappa shape index (κ3) is 17.4. The van der Waals surface area contributed by atoms with E-state index in [4.69, 9.17) is 24.4 Å². The van der Waals surface area contributed by atoms with Gasteiger partial charge in [-0.2, -0.15) is 0 Å². The maximum absolute atomic E-state index is 11.5. The molecule has 9 nitrogen and oxygen atoms in total. The third-order valence-electron chi connectivity index (χ3n) is 2.24. The summed E-state index contributed by atoms with van der Waals surface area (Å²) >= 11 is 0. The Labute approximate surface area is 147 Å². The van der Waals surface area contributed by atoms with Crippen molar-refractivity contribution in [2.75, 3.05) is 26.2 Å². The van der Waals surface area contributed by atoms with Crippen molar-refractivity contribution in [1.29, 1.82) is 0 Å². The summed E-state index contributed by atoms with van der Waals surface area (Å²) in [6.45, 7) is 4.74. The summed E-state index contributed by atoms with van der Waals surface area (Å²) < 4.78 is 34.0. The number of nitrogens with one attached hydrogen (secondary N) is 1. The SMILES string of the molecule is CC(=NCCNCCN)c1ccccc1[O-].O.[Cu+2].[O-][Cl+3]([O-])([O-])[O-]. The normalized spacial score (nSPS) is 10.8. The van der Waals surface area contributed by atoms with E-state index >= 15 is 0 Å². The molecule has 0 spiro atoms. The first-order valence-corrected chi connectivity index (χ1v) is 7.29. The molecule has 0 aromatic heterocycles. The van der Waals surface area contributed by atoms with Gasteiger partial charge in [0, 0.05) is 25.3 Å². The molecule has 1 radical (unpaired) electrons. The van der Waals surface area contributed by atoms with Crippen LogP contribution in [0.25, 0.3) is 0 Å². The molecule has 11 heteroatoms. The van der Waals surface area contributed by atoms with Crippen molar-refractivity contribution in [3.63, 3.8) is 0 Å². The number of benzene rings is 1. The predicted molar refractivity (Wildman–Crippen MR) is 68.5 cm³/mol. The molecule has 0 heterocycles. The van der Waals surface area contributed by atoms with Gasteiger partial charge in [0.15, 0.2) is 0 Å². The average Bonchev–Trinajstić information content (AvgIpc) is 2.37. The molecule has 1 rings (SSSR count). The number of nitrogens with two attached hydrogens (primary N) is 1. The van der Waals surface area contributed by atoms with Gasteiger partial charge in [0.2, 0.25) is 0 Å². The van der Waals surface area contributed by atoms with Crippen LogP contribution in [0.3, 0.4) is 0 Å². The van der Waals surface area contributed by atoms with Gasteiger partial charge in [0.1, 0.15) is 0 Å². The maximum atomic E-state index is 11.5. The van der Waals surface area contributed by atoms with Gasteiger partial charge in [-0.05, 0) is 12.5 Å². The zero-order chi connectivity index (χ0) is 16.3. The Morgan fingerprint density at radius 1 is 1.17 bits per heavy atom. The summed E-state index contributed by atoms with van der Waals surface area (Å²) in [5, 5.41) is 14.6. The van der Waals surface area contributed by atoms with E-state index < -0.39 is 10.2 Å². The third-order valence-corrected chi connectivity index (χ3v) is 2.24. The Hall–Kier alpha value is -0.781. The van der Waals surface area contributed by atoms with Crippen molar-refractivity contribution in [1.82, 2.24) is 5.32 Å². The van der Waals surface area contributed by atoms with E-state index in [-0.39, 0.29) is 28.3 Å². The molecule has 0 aliphatic carbocycles. The molecule has 5 N–H and O–H groups in total. The van der Waals surface area contributed by atoms with Gasteiger partial charge in [-0.1, -0.05) is 30.0 Å². The van der Waals surface area contributed by atoms with Crippen molar-refractivity contribution >= 4 is 5.71 Å². The van der Waals surface area contributed by atoms with Crippen LogP contribution in [0.5, 0.6) is 5.75 Å². The second kappa shape index (κ2) is 14.8. The van der Waals surface area contributed by atoms with Crippen LogP contribution in [0.1, 0.15) is 12.5 Å². The molecule has 0 saturated carbocycles. The van der Waals surface area contributed by atoms with Crippen LogP contribution >= 0.6 is 0 Å². The zero-order valence-corrected chi connectivity index (χ0v) is 14.1. The van der Waals surface area contributed by atoms with Crippen molar-refractivity contribution in [2.24, 2.45) is 10.7 Å². The molecular weight excluding hydrogens is 381 g/mol. The van der Waals surface area contributed by atoms with Crippen molar-refractivity contribution < 1.29 is 56.5 Å². The summed E-state index contributed by atoms with van der Waals surface area (Å²) in [5.74, 6) is 0.0265. The van der Waals surface area contributed by atoms with Gasteiger partial charge in [-0.3, -0.25) is 4.99 Å². The molecule has 0 atom stereocenters. The fourth-order valence-electron chi connectivity index (χ4n) is 1.38. The Morgan fingerprint density at radius 2 is 1.70 bits per heavy atom. The number of para-hydroxylation sites is 1. The van der Waals surface area contributed by atoms with Crippen LogP contribution < -0.4 is 34.8 Å².